The van der Waals surface area contributed by atoms with Gasteiger partial charge in [-0.15, -0.1) is 95.1 Å². The van der Waals surface area contributed by atoms with Crippen molar-refractivity contribution in [1.29, 1.82) is 0 Å². The normalized spacial score (nSPS) is 15.0. The Labute approximate surface area is 272 Å². The summed E-state index contributed by atoms with van der Waals surface area (Å²) in [5, 5.41) is 26.1. The van der Waals surface area contributed by atoms with Crippen LogP contribution >= 0.6 is 84.9 Å². The number of benzene rings is 2. The van der Waals surface area contributed by atoms with Crippen LogP contribution < -0.4 is 26.6 Å². The highest BCUT2D eigenvalue weighted by molar-refractivity contribution is 8.93. The van der Waals surface area contributed by atoms with E-state index in [0.717, 1.165) is 87.7 Å². The van der Waals surface area contributed by atoms with Crippen molar-refractivity contribution < 1.29 is 4.42 Å². The molecule has 0 spiro atoms. The lowest BCUT2D eigenvalue weighted by Crippen LogP contribution is -2.36. The fourth-order valence-corrected chi connectivity index (χ4v) is 3.74. The van der Waals surface area contributed by atoms with Gasteiger partial charge in [0.1, 0.15) is 0 Å². The van der Waals surface area contributed by atoms with E-state index in [9.17, 15) is 0 Å². The van der Waals surface area contributed by atoms with E-state index >= 15 is 0 Å². The molecule has 0 unspecified atom stereocenters. The third-order valence-electron chi connectivity index (χ3n) is 5.47. The number of hydrogen-bond donors (Lipinski definition) is 5. The van der Waals surface area contributed by atoms with Crippen LogP contribution in [0.1, 0.15) is 11.1 Å². The van der Waals surface area contributed by atoms with E-state index < -0.39 is 0 Å². The number of nitrogens with zero attached hydrogens (tertiary/aromatic N) is 2. The molecular formula is C24H38Br5N7O. The Balaban J connectivity index is 0. The maximum Gasteiger partial charge on any atom is 0.248 e. The molecule has 0 saturated heterocycles. The van der Waals surface area contributed by atoms with Gasteiger partial charge in [0.2, 0.25) is 11.8 Å². The SMILES string of the molecule is Br.Br.Br.Br.Br.c1ccc2c(c1)CNCCNCCNCCNCCNCc1ccccc1-c1nnc-2o1. The number of nitrogens with one attached hydrogen (secondary N) is 5. The summed E-state index contributed by atoms with van der Waals surface area (Å²) < 4.78 is 6.14. The van der Waals surface area contributed by atoms with Crippen LogP contribution in [0.15, 0.2) is 52.9 Å². The lowest BCUT2D eigenvalue weighted by Gasteiger charge is -2.11. The summed E-state index contributed by atoms with van der Waals surface area (Å²) in [5.41, 5.74) is 4.24. The fraction of sp³-hybridized carbons (Fsp3) is 0.417. The molecule has 13 heteroatoms. The molecule has 0 amide bonds. The highest BCUT2D eigenvalue weighted by Crippen LogP contribution is 2.28. The topological polar surface area (TPSA) is 99.1 Å². The lowest BCUT2D eigenvalue weighted by molar-refractivity contribution is 0.555. The predicted octanol–water partition coefficient (Wildman–Crippen LogP) is 4.25. The molecule has 1 aliphatic heterocycles. The molecule has 4 rings (SSSR count). The molecular weight excluding hydrogens is 802 g/mol. The molecule has 37 heavy (non-hydrogen) atoms. The summed E-state index contributed by atoms with van der Waals surface area (Å²) in [6, 6.07) is 16.4. The van der Waals surface area contributed by atoms with Gasteiger partial charge in [-0.25, -0.2) is 0 Å². The van der Waals surface area contributed by atoms with Gasteiger partial charge in [-0.05, 0) is 23.3 Å². The van der Waals surface area contributed by atoms with E-state index in [1.807, 2.05) is 36.4 Å². The molecule has 5 N–H and O–H groups in total. The molecule has 0 aliphatic carbocycles. The number of hydrogen-bond acceptors (Lipinski definition) is 8. The maximum absolute atomic E-state index is 6.14. The third-order valence-corrected chi connectivity index (χ3v) is 5.47. The lowest BCUT2D eigenvalue weighted by atomic mass is 10.1. The van der Waals surface area contributed by atoms with Gasteiger partial charge in [0, 0.05) is 76.6 Å². The van der Waals surface area contributed by atoms with Crippen molar-refractivity contribution in [1.82, 2.24) is 36.8 Å². The maximum atomic E-state index is 6.14. The van der Waals surface area contributed by atoms with Gasteiger partial charge in [0.15, 0.2) is 0 Å². The van der Waals surface area contributed by atoms with E-state index in [1.54, 1.807) is 0 Å². The average Bonchev–Trinajstić information content (AvgIpc) is 3.31. The largest absolute Gasteiger partial charge is 0.416 e. The van der Waals surface area contributed by atoms with Gasteiger partial charge in [-0.3, -0.25) is 0 Å². The third kappa shape index (κ3) is 12.7. The first-order chi connectivity index (χ1) is 15.9. The van der Waals surface area contributed by atoms with E-state index in [0.29, 0.717) is 11.8 Å². The van der Waals surface area contributed by atoms with Gasteiger partial charge in [-0.1, -0.05) is 36.4 Å². The smallest absolute Gasteiger partial charge is 0.248 e. The Bertz CT molecular complexity index is 906. The summed E-state index contributed by atoms with van der Waals surface area (Å²) in [5.74, 6) is 1.10. The quantitative estimate of drug-likeness (QED) is 0.230. The summed E-state index contributed by atoms with van der Waals surface area (Å²) in [6.07, 6.45) is 0. The predicted molar refractivity (Wildman–Crippen MR) is 179 cm³/mol. The van der Waals surface area contributed by atoms with Crippen molar-refractivity contribution in [3.8, 4) is 22.9 Å². The molecule has 1 aliphatic rings. The van der Waals surface area contributed by atoms with Gasteiger partial charge >= 0.3 is 0 Å². The van der Waals surface area contributed by atoms with Crippen LogP contribution in [0.4, 0.5) is 0 Å². The standard InChI is InChI=1S/C24H33N7O.5BrH/c1-3-7-21-19(5-1)17-28-15-13-26-11-9-25-10-12-27-14-16-29-18-20-6-2-4-8-22(20)24-31-30-23(21)32-24;;;;;/h1-8,25-29H,9-18H2;5*1H. The van der Waals surface area contributed by atoms with Gasteiger partial charge in [0.05, 0.1) is 0 Å². The van der Waals surface area contributed by atoms with E-state index in [4.69, 9.17) is 4.42 Å². The Kier molecular flexibility index (Phi) is 23.8. The molecule has 0 fully saturated rings. The molecule has 0 atom stereocenters. The second-order valence-corrected chi connectivity index (χ2v) is 7.83. The van der Waals surface area contributed by atoms with Gasteiger partial charge in [0.25, 0.3) is 0 Å². The first kappa shape index (κ1) is 38.9. The summed E-state index contributed by atoms with van der Waals surface area (Å²) in [4.78, 5) is 0. The van der Waals surface area contributed by atoms with Crippen LogP contribution in [0.5, 0.6) is 0 Å². The summed E-state index contributed by atoms with van der Waals surface area (Å²) in [6.45, 7) is 9.01. The molecule has 1 aromatic heterocycles. The van der Waals surface area contributed by atoms with Crippen molar-refractivity contribution in [3.05, 3.63) is 59.7 Å². The number of rotatable bonds is 0. The van der Waals surface area contributed by atoms with Crippen LogP contribution in [-0.2, 0) is 13.1 Å². The van der Waals surface area contributed by atoms with Crippen molar-refractivity contribution >= 4 is 84.9 Å². The number of fused-ring (bicyclic) bond motifs is 6. The first-order valence-electron chi connectivity index (χ1n) is 11.5. The second kappa shape index (κ2) is 22.6. The Hall–Kier alpha value is -0.220. The number of aromatic nitrogens is 2. The zero-order valence-electron chi connectivity index (χ0n) is 20.5. The zero-order chi connectivity index (χ0) is 21.8. The Morgan fingerprint density at radius 2 is 0.784 bits per heavy atom. The summed E-state index contributed by atoms with van der Waals surface area (Å²) >= 11 is 0. The number of halogens is 5. The van der Waals surface area contributed by atoms with Gasteiger partial charge in [-0.2, -0.15) is 0 Å². The Morgan fingerprint density at radius 3 is 1.16 bits per heavy atom. The highest BCUT2D eigenvalue weighted by atomic mass is 79.9. The zero-order valence-corrected chi connectivity index (χ0v) is 29.1. The molecule has 3 aromatic rings. The van der Waals surface area contributed by atoms with Crippen molar-refractivity contribution in [2.45, 2.75) is 13.1 Å². The minimum atomic E-state index is 0. The van der Waals surface area contributed by atoms with E-state index in [-0.39, 0.29) is 84.9 Å². The van der Waals surface area contributed by atoms with E-state index in [2.05, 4.69) is 48.9 Å². The first-order valence-corrected chi connectivity index (χ1v) is 11.5. The molecule has 2 heterocycles. The van der Waals surface area contributed by atoms with Crippen LogP contribution in [-0.4, -0.2) is 62.6 Å². The van der Waals surface area contributed by atoms with Gasteiger partial charge < -0.3 is 31.0 Å². The monoisotopic (exact) mass is 835 g/mol. The van der Waals surface area contributed by atoms with Crippen LogP contribution in [0.25, 0.3) is 22.9 Å². The average molecular weight is 840 g/mol. The highest BCUT2D eigenvalue weighted by Gasteiger charge is 2.15. The van der Waals surface area contributed by atoms with Crippen LogP contribution in [0, 0.1) is 0 Å². The minimum absolute atomic E-state index is 0. The van der Waals surface area contributed by atoms with Crippen molar-refractivity contribution in [2.75, 3.05) is 52.4 Å². The van der Waals surface area contributed by atoms with Crippen molar-refractivity contribution in [3.63, 3.8) is 0 Å². The van der Waals surface area contributed by atoms with E-state index in [1.165, 1.54) is 0 Å². The fourth-order valence-electron chi connectivity index (χ4n) is 3.74. The molecule has 0 saturated carbocycles. The van der Waals surface area contributed by atoms with Crippen molar-refractivity contribution in [2.24, 2.45) is 0 Å². The molecule has 0 radical (unpaired) electrons. The molecule has 210 valence electrons. The minimum Gasteiger partial charge on any atom is -0.416 e. The molecule has 2 aromatic carbocycles. The summed E-state index contributed by atoms with van der Waals surface area (Å²) in [7, 11) is 0. The Morgan fingerprint density at radius 1 is 0.459 bits per heavy atom. The molecule has 2 bridgehead atoms. The molecule has 8 nitrogen and oxygen atoms in total. The second-order valence-electron chi connectivity index (χ2n) is 7.83. The van der Waals surface area contributed by atoms with Crippen LogP contribution in [0.3, 0.4) is 0 Å². The van der Waals surface area contributed by atoms with Crippen LogP contribution in [0.2, 0.25) is 0 Å².